The van der Waals surface area contributed by atoms with Crippen molar-refractivity contribution in [1.29, 1.82) is 0 Å². The van der Waals surface area contributed by atoms with Crippen LogP contribution in [0.15, 0.2) is 35.5 Å². The van der Waals surface area contributed by atoms with E-state index in [0.29, 0.717) is 12.8 Å². The van der Waals surface area contributed by atoms with Crippen molar-refractivity contribution in [2.24, 2.45) is 0 Å². The number of rotatable bonds is 3. The van der Waals surface area contributed by atoms with Crippen molar-refractivity contribution in [1.82, 2.24) is 0 Å². The van der Waals surface area contributed by atoms with Gasteiger partial charge < -0.3 is 14.6 Å². The number of aliphatic hydroxyl groups excluding tert-OH is 1. The zero-order valence-electron chi connectivity index (χ0n) is 13.6. The Morgan fingerprint density at radius 2 is 2.05 bits per heavy atom. The van der Waals surface area contributed by atoms with E-state index in [1.807, 2.05) is 38.2 Å². The highest BCUT2D eigenvalue weighted by Gasteiger charge is 2.26. The lowest BCUT2D eigenvalue weighted by atomic mass is 9.89. The summed E-state index contributed by atoms with van der Waals surface area (Å²) < 4.78 is 10.4. The molecular formula is C17H26O4. The number of hydrogen-bond acceptors (Lipinski definition) is 4. The molecule has 1 aliphatic rings. The van der Waals surface area contributed by atoms with E-state index in [2.05, 4.69) is 0 Å². The van der Waals surface area contributed by atoms with E-state index in [0.717, 1.165) is 11.1 Å². The van der Waals surface area contributed by atoms with Gasteiger partial charge in [0.25, 0.3) is 0 Å². The molecule has 1 N–H and O–H groups in total. The number of carbonyl (C=O) groups is 1. The van der Waals surface area contributed by atoms with Crippen molar-refractivity contribution in [3.63, 3.8) is 0 Å². The first-order valence-electron chi connectivity index (χ1n) is 7.33. The third-order valence-corrected chi connectivity index (χ3v) is 3.01. The second-order valence-electron chi connectivity index (χ2n) is 6.15. The van der Waals surface area contributed by atoms with Crippen LogP contribution in [0.25, 0.3) is 0 Å². The van der Waals surface area contributed by atoms with Crippen LogP contribution < -0.4 is 0 Å². The fourth-order valence-corrected chi connectivity index (χ4v) is 2.23. The zero-order chi connectivity index (χ0) is 16.0. The molecule has 0 saturated carbocycles. The molecule has 0 amide bonds. The number of aliphatic hydroxyl groups is 1. The summed E-state index contributed by atoms with van der Waals surface area (Å²) in [6, 6.07) is 0. The second-order valence-corrected chi connectivity index (χ2v) is 6.15. The normalized spacial score (nSPS) is 23.9. The van der Waals surface area contributed by atoms with E-state index >= 15 is 0 Å². The summed E-state index contributed by atoms with van der Waals surface area (Å²) in [6.07, 6.45) is 7.09. The van der Waals surface area contributed by atoms with Gasteiger partial charge in [-0.3, -0.25) is 0 Å². The van der Waals surface area contributed by atoms with Crippen LogP contribution in [0, 0.1) is 0 Å². The van der Waals surface area contributed by atoms with Gasteiger partial charge in [-0.05, 0) is 58.3 Å². The zero-order valence-corrected chi connectivity index (χ0v) is 13.6. The van der Waals surface area contributed by atoms with Gasteiger partial charge in [0.1, 0.15) is 11.7 Å². The Hall–Kier alpha value is -1.55. The smallest absolute Gasteiger partial charge is 0.429 e. The van der Waals surface area contributed by atoms with E-state index in [-0.39, 0.29) is 0 Å². The predicted octanol–water partition coefficient (Wildman–Crippen LogP) is 3.91. The molecule has 0 aromatic carbocycles. The van der Waals surface area contributed by atoms with Gasteiger partial charge in [0.15, 0.2) is 0 Å². The van der Waals surface area contributed by atoms with Crippen LogP contribution in [0.5, 0.6) is 0 Å². The average molecular weight is 294 g/mol. The van der Waals surface area contributed by atoms with Gasteiger partial charge in [-0.1, -0.05) is 18.2 Å². The number of carbonyl (C=O) groups excluding carboxylic acids is 1. The Balaban J connectivity index is 2.81. The van der Waals surface area contributed by atoms with Crippen molar-refractivity contribution < 1.29 is 19.4 Å². The highest BCUT2D eigenvalue weighted by molar-refractivity contribution is 5.61. The molecule has 0 heterocycles. The molecule has 0 aromatic heterocycles. The summed E-state index contributed by atoms with van der Waals surface area (Å²) in [5.41, 5.74) is 1.44. The Morgan fingerprint density at radius 3 is 2.57 bits per heavy atom. The third-order valence-electron chi connectivity index (χ3n) is 3.01. The van der Waals surface area contributed by atoms with Gasteiger partial charge in [0, 0.05) is 6.42 Å². The highest BCUT2D eigenvalue weighted by Crippen LogP contribution is 2.27. The molecule has 0 aliphatic heterocycles. The van der Waals surface area contributed by atoms with Crippen molar-refractivity contribution in [3.05, 3.63) is 35.5 Å². The minimum atomic E-state index is -0.703. The van der Waals surface area contributed by atoms with Gasteiger partial charge in [-0.25, -0.2) is 4.79 Å². The molecular weight excluding hydrogens is 268 g/mol. The van der Waals surface area contributed by atoms with E-state index < -0.39 is 24.0 Å². The van der Waals surface area contributed by atoms with Gasteiger partial charge in [-0.15, -0.1) is 0 Å². The van der Waals surface area contributed by atoms with Gasteiger partial charge in [0.05, 0.1) is 6.10 Å². The second kappa shape index (κ2) is 7.46. The standard InChI is InChI=1S/C17H26O4/c1-6-8-12(7-2)13-9-14(18)11-15(10-13)20-16(19)21-17(3,4)5/h6-8,10,14-15,18H,9,11H2,1-5H3. The summed E-state index contributed by atoms with van der Waals surface area (Å²) in [5, 5.41) is 9.98. The lowest BCUT2D eigenvalue weighted by molar-refractivity contribution is -0.0276. The van der Waals surface area contributed by atoms with Gasteiger partial charge in [-0.2, -0.15) is 0 Å². The summed E-state index contributed by atoms with van der Waals surface area (Å²) in [5.74, 6) is 0. The first-order valence-corrected chi connectivity index (χ1v) is 7.33. The fourth-order valence-electron chi connectivity index (χ4n) is 2.23. The van der Waals surface area contributed by atoms with Crippen molar-refractivity contribution in [2.75, 3.05) is 0 Å². The molecule has 0 fully saturated rings. The molecule has 1 rings (SSSR count). The van der Waals surface area contributed by atoms with Crippen LogP contribution in [0.3, 0.4) is 0 Å². The maximum Gasteiger partial charge on any atom is 0.509 e. The Bertz CT molecular complexity index is 452. The number of allylic oxidation sites excluding steroid dienone is 4. The molecule has 0 radical (unpaired) electrons. The van der Waals surface area contributed by atoms with Crippen LogP contribution >= 0.6 is 0 Å². The maximum absolute atomic E-state index is 11.7. The van der Waals surface area contributed by atoms with Crippen LogP contribution in [0.1, 0.15) is 47.5 Å². The quantitative estimate of drug-likeness (QED) is 0.633. The average Bonchev–Trinajstić information content (AvgIpc) is 2.32. The van der Waals surface area contributed by atoms with Gasteiger partial charge >= 0.3 is 6.16 Å². The summed E-state index contributed by atoms with van der Waals surface area (Å²) >= 11 is 0. The van der Waals surface area contributed by atoms with E-state index in [9.17, 15) is 9.90 Å². The SMILES string of the molecule is CC=CC(=CC)C1=CC(OC(=O)OC(C)(C)C)CC(O)C1. The fraction of sp³-hybridized carbons (Fsp3) is 0.588. The maximum atomic E-state index is 11.7. The minimum absolute atomic E-state index is 0.398. The molecule has 1 aliphatic carbocycles. The monoisotopic (exact) mass is 294 g/mol. The summed E-state index contributed by atoms with van der Waals surface area (Å²) in [4.78, 5) is 11.7. The Kier molecular flexibility index (Phi) is 6.21. The van der Waals surface area contributed by atoms with E-state index in [1.54, 1.807) is 20.8 Å². The lowest BCUT2D eigenvalue weighted by Crippen LogP contribution is -2.31. The molecule has 2 atom stereocenters. The molecule has 4 nitrogen and oxygen atoms in total. The lowest BCUT2D eigenvalue weighted by Gasteiger charge is -2.27. The Labute approximate surface area is 127 Å². The number of hydrogen-bond donors (Lipinski definition) is 1. The minimum Gasteiger partial charge on any atom is -0.429 e. The van der Waals surface area contributed by atoms with Crippen molar-refractivity contribution in [2.45, 2.75) is 65.3 Å². The van der Waals surface area contributed by atoms with Crippen LogP contribution in [0.2, 0.25) is 0 Å². The summed E-state index contributed by atoms with van der Waals surface area (Å²) in [6.45, 7) is 9.25. The molecule has 0 bridgehead atoms. The molecule has 0 spiro atoms. The Morgan fingerprint density at radius 1 is 1.38 bits per heavy atom. The highest BCUT2D eigenvalue weighted by atomic mass is 16.7. The topological polar surface area (TPSA) is 55.8 Å². The van der Waals surface area contributed by atoms with Crippen LogP contribution in [-0.2, 0) is 9.47 Å². The third kappa shape index (κ3) is 6.17. The molecule has 118 valence electrons. The van der Waals surface area contributed by atoms with Crippen molar-refractivity contribution >= 4 is 6.16 Å². The van der Waals surface area contributed by atoms with Crippen LogP contribution in [0.4, 0.5) is 4.79 Å². The van der Waals surface area contributed by atoms with E-state index in [1.165, 1.54) is 0 Å². The molecule has 4 heteroatoms. The molecule has 0 saturated heterocycles. The van der Waals surface area contributed by atoms with Gasteiger partial charge in [0.2, 0.25) is 0 Å². The summed E-state index contributed by atoms with van der Waals surface area (Å²) in [7, 11) is 0. The predicted molar refractivity (Wildman–Crippen MR) is 83.0 cm³/mol. The van der Waals surface area contributed by atoms with Crippen LogP contribution in [-0.4, -0.2) is 29.1 Å². The largest absolute Gasteiger partial charge is 0.509 e. The molecule has 2 unspecified atom stereocenters. The molecule has 0 aromatic rings. The first kappa shape index (κ1) is 17.5. The van der Waals surface area contributed by atoms with E-state index in [4.69, 9.17) is 9.47 Å². The number of ether oxygens (including phenoxy) is 2. The first-order chi connectivity index (χ1) is 9.75. The van der Waals surface area contributed by atoms with Crippen molar-refractivity contribution in [3.8, 4) is 0 Å². The molecule has 21 heavy (non-hydrogen) atoms.